The summed E-state index contributed by atoms with van der Waals surface area (Å²) in [7, 11) is 0. The van der Waals surface area contributed by atoms with Crippen LogP contribution in [0.3, 0.4) is 0 Å². The number of aryl methyl sites for hydroxylation is 1. The fourth-order valence-electron chi connectivity index (χ4n) is 0.701. The molecular weight excluding hydrogens is 130 g/mol. The number of hydrogen-bond donors (Lipinski definition) is 0. The lowest BCUT2D eigenvalue weighted by molar-refractivity contribution is -0.117. The Balaban J connectivity index is 2.67. The van der Waals surface area contributed by atoms with Gasteiger partial charge >= 0.3 is 0 Å². The Morgan fingerprint density at radius 1 is 1.80 bits per heavy atom. The number of carbonyl (C=O) groups excluding carboxylic acids is 1. The molecule has 1 heterocycles. The third kappa shape index (κ3) is 1.65. The van der Waals surface area contributed by atoms with Gasteiger partial charge in [-0.2, -0.15) is 0 Å². The van der Waals surface area contributed by atoms with E-state index in [2.05, 4.69) is 10.3 Å². The molecular formula is C6H9N3O. The van der Waals surface area contributed by atoms with E-state index in [1.807, 2.05) is 6.92 Å². The molecule has 1 aromatic heterocycles. The summed E-state index contributed by atoms with van der Waals surface area (Å²) >= 11 is 0. The third-order valence-corrected chi connectivity index (χ3v) is 1.04. The molecule has 0 spiro atoms. The van der Waals surface area contributed by atoms with Crippen LogP contribution in [0.4, 0.5) is 0 Å². The molecule has 0 amide bonds. The largest absolute Gasteiger partial charge is 0.298 e. The van der Waals surface area contributed by atoms with Crippen molar-refractivity contribution < 1.29 is 4.79 Å². The zero-order chi connectivity index (χ0) is 7.56. The van der Waals surface area contributed by atoms with Crippen molar-refractivity contribution in [2.24, 2.45) is 0 Å². The van der Waals surface area contributed by atoms with Gasteiger partial charge in [0, 0.05) is 6.20 Å². The van der Waals surface area contributed by atoms with Crippen molar-refractivity contribution in [3.05, 3.63) is 11.9 Å². The SMILES string of the molecule is CC(=O)Cn1cc(C)nn1. The Bertz CT molecular complexity index is 241. The normalized spacial score (nSPS) is 9.80. The summed E-state index contributed by atoms with van der Waals surface area (Å²) in [5, 5.41) is 7.43. The monoisotopic (exact) mass is 139 g/mol. The van der Waals surface area contributed by atoms with Crippen molar-refractivity contribution >= 4 is 5.78 Å². The van der Waals surface area contributed by atoms with E-state index in [9.17, 15) is 4.79 Å². The lowest BCUT2D eigenvalue weighted by atomic mass is 10.4. The summed E-state index contributed by atoms with van der Waals surface area (Å²) in [6, 6.07) is 0. The predicted octanol–water partition coefficient (Wildman–Crippen LogP) is 0.176. The summed E-state index contributed by atoms with van der Waals surface area (Å²) in [5.41, 5.74) is 0.834. The first-order valence-electron chi connectivity index (χ1n) is 3.04. The van der Waals surface area contributed by atoms with E-state index in [0.29, 0.717) is 6.54 Å². The number of nitrogens with zero attached hydrogens (tertiary/aromatic N) is 3. The van der Waals surface area contributed by atoms with Crippen molar-refractivity contribution in [3.8, 4) is 0 Å². The lowest BCUT2D eigenvalue weighted by Crippen LogP contribution is -2.06. The molecule has 0 unspecified atom stereocenters. The van der Waals surface area contributed by atoms with Crippen molar-refractivity contribution in [2.75, 3.05) is 0 Å². The molecule has 1 aromatic rings. The smallest absolute Gasteiger partial charge is 0.151 e. The van der Waals surface area contributed by atoms with Gasteiger partial charge in [0.05, 0.1) is 5.69 Å². The zero-order valence-electron chi connectivity index (χ0n) is 6.03. The number of Topliss-reactive ketones (excluding diaryl/α,β-unsaturated/α-hetero) is 1. The summed E-state index contributed by atoms with van der Waals surface area (Å²) in [6.07, 6.45) is 1.74. The summed E-state index contributed by atoms with van der Waals surface area (Å²) < 4.78 is 1.53. The topological polar surface area (TPSA) is 47.8 Å². The first-order chi connectivity index (χ1) is 4.68. The van der Waals surface area contributed by atoms with Crippen LogP contribution in [-0.4, -0.2) is 20.8 Å². The second-order valence-electron chi connectivity index (χ2n) is 2.26. The van der Waals surface area contributed by atoms with E-state index >= 15 is 0 Å². The van der Waals surface area contributed by atoms with Crippen molar-refractivity contribution in [2.45, 2.75) is 20.4 Å². The predicted molar refractivity (Wildman–Crippen MR) is 35.4 cm³/mol. The quantitative estimate of drug-likeness (QED) is 0.587. The van der Waals surface area contributed by atoms with Gasteiger partial charge in [0.25, 0.3) is 0 Å². The molecule has 0 aliphatic rings. The molecule has 1 rings (SSSR count). The average molecular weight is 139 g/mol. The van der Waals surface area contributed by atoms with E-state index in [4.69, 9.17) is 0 Å². The molecule has 0 aromatic carbocycles. The summed E-state index contributed by atoms with van der Waals surface area (Å²) in [4.78, 5) is 10.5. The van der Waals surface area contributed by atoms with Gasteiger partial charge in [-0.05, 0) is 13.8 Å². The highest BCUT2D eigenvalue weighted by Gasteiger charge is 1.96. The molecule has 0 aliphatic carbocycles. The van der Waals surface area contributed by atoms with Gasteiger partial charge in [-0.1, -0.05) is 5.21 Å². The molecule has 0 bridgehead atoms. The molecule has 4 nitrogen and oxygen atoms in total. The number of hydrogen-bond acceptors (Lipinski definition) is 3. The maximum Gasteiger partial charge on any atom is 0.151 e. The van der Waals surface area contributed by atoms with Crippen molar-refractivity contribution in [3.63, 3.8) is 0 Å². The molecule has 4 heteroatoms. The van der Waals surface area contributed by atoms with Gasteiger partial charge in [0.1, 0.15) is 6.54 Å². The number of aromatic nitrogens is 3. The highest BCUT2D eigenvalue weighted by Crippen LogP contribution is 1.88. The van der Waals surface area contributed by atoms with Crippen LogP contribution < -0.4 is 0 Å². The lowest BCUT2D eigenvalue weighted by Gasteiger charge is -1.91. The number of rotatable bonds is 2. The van der Waals surface area contributed by atoms with Gasteiger partial charge in [-0.15, -0.1) is 5.10 Å². The molecule has 0 radical (unpaired) electrons. The van der Waals surface area contributed by atoms with E-state index in [-0.39, 0.29) is 5.78 Å². The van der Waals surface area contributed by atoms with Gasteiger partial charge < -0.3 is 0 Å². The highest BCUT2D eigenvalue weighted by atomic mass is 16.1. The van der Waals surface area contributed by atoms with E-state index < -0.39 is 0 Å². The molecule has 0 saturated carbocycles. The molecule has 0 atom stereocenters. The second-order valence-corrected chi connectivity index (χ2v) is 2.26. The van der Waals surface area contributed by atoms with Gasteiger partial charge in [-0.3, -0.25) is 4.79 Å². The Labute approximate surface area is 58.8 Å². The first kappa shape index (κ1) is 6.92. The van der Waals surface area contributed by atoms with Gasteiger partial charge in [-0.25, -0.2) is 4.68 Å². The Morgan fingerprint density at radius 3 is 2.90 bits per heavy atom. The van der Waals surface area contributed by atoms with Crippen molar-refractivity contribution in [1.82, 2.24) is 15.0 Å². The number of ketones is 1. The van der Waals surface area contributed by atoms with Crippen molar-refractivity contribution in [1.29, 1.82) is 0 Å². The average Bonchev–Trinajstić information content (AvgIpc) is 2.13. The standard InChI is InChI=1S/C6H9N3O/c1-5-3-9(8-7-5)4-6(2)10/h3H,4H2,1-2H3. The minimum Gasteiger partial charge on any atom is -0.298 e. The molecule has 0 N–H and O–H groups in total. The molecule has 10 heavy (non-hydrogen) atoms. The summed E-state index contributed by atoms with van der Waals surface area (Å²) in [6.45, 7) is 3.68. The molecule has 0 saturated heterocycles. The fourth-order valence-corrected chi connectivity index (χ4v) is 0.701. The zero-order valence-corrected chi connectivity index (χ0v) is 6.03. The van der Waals surface area contributed by atoms with Crippen LogP contribution >= 0.6 is 0 Å². The molecule has 54 valence electrons. The highest BCUT2D eigenvalue weighted by molar-refractivity contribution is 5.75. The van der Waals surface area contributed by atoms with Gasteiger partial charge in [0.15, 0.2) is 5.78 Å². The fraction of sp³-hybridized carbons (Fsp3) is 0.500. The Morgan fingerprint density at radius 2 is 2.50 bits per heavy atom. The van der Waals surface area contributed by atoms with E-state index in [1.165, 1.54) is 11.6 Å². The maximum atomic E-state index is 10.5. The first-order valence-corrected chi connectivity index (χ1v) is 3.04. The van der Waals surface area contributed by atoms with Crippen LogP contribution in [0.5, 0.6) is 0 Å². The van der Waals surface area contributed by atoms with Crippen LogP contribution in [0.15, 0.2) is 6.20 Å². The maximum absolute atomic E-state index is 10.5. The molecule has 0 fully saturated rings. The van der Waals surface area contributed by atoms with Gasteiger partial charge in [0.2, 0.25) is 0 Å². The van der Waals surface area contributed by atoms with Crippen LogP contribution in [0.2, 0.25) is 0 Å². The number of carbonyl (C=O) groups is 1. The van der Waals surface area contributed by atoms with Crippen LogP contribution in [0, 0.1) is 6.92 Å². The van der Waals surface area contributed by atoms with Crippen LogP contribution in [0.1, 0.15) is 12.6 Å². The summed E-state index contributed by atoms with van der Waals surface area (Å²) in [5.74, 6) is 0.0879. The van der Waals surface area contributed by atoms with E-state index in [1.54, 1.807) is 6.20 Å². The van der Waals surface area contributed by atoms with Crippen LogP contribution in [-0.2, 0) is 11.3 Å². The third-order valence-electron chi connectivity index (χ3n) is 1.04. The van der Waals surface area contributed by atoms with E-state index in [0.717, 1.165) is 5.69 Å². The van der Waals surface area contributed by atoms with Crippen LogP contribution in [0.25, 0.3) is 0 Å². The minimum absolute atomic E-state index is 0.0879. The molecule has 0 aliphatic heterocycles. The Kier molecular flexibility index (Phi) is 1.80. The second kappa shape index (κ2) is 2.60. The minimum atomic E-state index is 0.0879. The Hall–Kier alpha value is -1.19.